The van der Waals surface area contributed by atoms with Gasteiger partial charge in [0, 0.05) is 99.7 Å². The van der Waals surface area contributed by atoms with Crippen LogP contribution in [-0.4, -0.2) is 25.0 Å². The summed E-state index contributed by atoms with van der Waals surface area (Å²) in [6.45, 7) is 34.4. The van der Waals surface area contributed by atoms with Crippen LogP contribution in [0.25, 0.3) is 154 Å². The summed E-state index contributed by atoms with van der Waals surface area (Å²) in [7, 11) is 0. The zero-order valence-corrected chi connectivity index (χ0v) is 76.1. The Kier molecular flexibility index (Phi) is 16.9. The minimum Gasteiger partial charge on any atom is -0.311 e. The number of nitrogens with zero attached hydrogens (tertiary/aromatic N) is 6. The third kappa shape index (κ3) is 12.9. The Morgan fingerprint density at radius 2 is 0.543 bits per heavy atom. The van der Waals surface area contributed by atoms with Gasteiger partial charge in [-0.3, -0.25) is 0 Å². The maximum Gasteiger partial charge on any atom is 0.252 e. The molecule has 0 bridgehead atoms. The molecule has 2 aliphatic heterocycles. The third-order valence-electron chi connectivity index (χ3n) is 27.8. The molecule has 0 saturated heterocycles. The average molecular weight is 1670 g/mol. The Morgan fingerprint density at radius 3 is 0.969 bits per heavy atom. The van der Waals surface area contributed by atoms with Gasteiger partial charge in [0.05, 0.1) is 61.0 Å². The van der Waals surface area contributed by atoms with Crippen LogP contribution in [0.5, 0.6) is 0 Å². The predicted molar refractivity (Wildman–Crippen MR) is 553 cm³/mol. The van der Waals surface area contributed by atoms with E-state index in [-0.39, 0.29) is 51.2 Å². The molecule has 0 spiro atoms. The Balaban J connectivity index is 0.905. The summed E-state index contributed by atoms with van der Waals surface area (Å²) in [5.74, 6) is 0. The van der Waals surface area contributed by atoms with Gasteiger partial charge >= 0.3 is 0 Å². The zero-order chi connectivity index (χ0) is 91.7. The predicted octanol–water partition coefficient (Wildman–Crippen LogP) is 31.3. The van der Waals surface area contributed by atoms with E-state index < -0.39 is 6.71 Å². The van der Waals surface area contributed by atoms with E-state index in [1.54, 1.807) is 0 Å². The van der Waals surface area contributed by atoms with Gasteiger partial charge in [0.25, 0.3) is 6.71 Å². The van der Waals surface area contributed by atoms with Gasteiger partial charge in [-0.1, -0.05) is 316 Å². The van der Waals surface area contributed by atoms with Crippen LogP contribution in [0.2, 0.25) is 0 Å². The number of benzene rings is 17. The van der Waals surface area contributed by atoms with Crippen LogP contribution in [0.4, 0.5) is 34.1 Å². The van der Waals surface area contributed by atoms with Gasteiger partial charge in [0.15, 0.2) is 0 Å². The number of para-hydroxylation sites is 3. The summed E-state index contributed by atoms with van der Waals surface area (Å²) < 4.78 is 49.3. The lowest BCUT2D eigenvalue weighted by molar-refractivity contribution is 0.590. The van der Waals surface area contributed by atoms with Crippen LogP contribution in [0, 0.1) is 0 Å². The van der Waals surface area contributed by atoms with E-state index in [1.165, 1.54) is 49.4 Å². The van der Waals surface area contributed by atoms with Crippen molar-refractivity contribution in [3.8, 4) is 67.3 Å². The monoisotopic (exact) mass is 1670 g/mol. The molecule has 6 nitrogen and oxygen atoms in total. The summed E-state index contributed by atoms with van der Waals surface area (Å²) in [6, 6.07) is 127. The van der Waals surface area contributed by atoms with Gasteiger partial charge in [-0.25, -0.2) is 0 Å². The highest BCUT2D eigenvalue weighted by molar-refractivity contribution is 7.00. The number of hydrogen-bond acceptors (Lipinski definition) is 2. The lowest BCUT2D eigenvalue weighted by atomic mass is 9.33. The molecule has 129 heavy (non-hydrogen) atoms. The van der Waals surface area contributed by atoms with Crippen molar-refractivity contribution >= 4 is 144 Å². The molecule has 7 heteroatoms. The highest BCUT2D eigenvalue weighted by atomic mass is 15.2. The molecule has 0 atom stereocenters. The molecule has 0 unspecified atom stereocenters. The van der Waals surface area contributed by atoms with Gasteiger partial charge in [-0.15, -0.1) is 0 Å². The SMILES string of the molecule is [2H]c1c([2H])c([2H])c2c(c1[2H])c1cc(-n3c4ccccc4c4ccccc43)ccc1n2-c1ccc2c(c1)N(c1cc(-c3ccccc3)cc(-c3ccccc3)c1)c1cc(-n3c4ccc(C(C)(C)C)cc4c4cc(C(C)(C)C)ccc43)cc3c1B2c1ccc(-n2c4ccc(C(C)(C)C)cc4c4cc(C(C)(C)C)ccc42)cc1N3c1c(-c2ccccc2)cc(C(C)(C)C)cc1-c1ccccc1. The van der Waals surface area contributed by atoms with Crippen LogP contribution in [-0.2, 0) is 27.1 Å². The van der Waals surface area contributed by atoms with Crippen molar-refractivity contribution in [1.82, 2.24) is 18.3 Å². The fourth-order valence-electron chi connectivity index (χ4n) is 21.0. The summed E-state index contributed by atoms with van der Waals surface area (Å²) in [5.41, 5.74) is 34.4. The van der Waals surface area contributed by atoms with E-state index in [4.69, 9.17) is 0 Å². The molecule has 0 radical (unpaired) electrons. The van der Waals surface area contributed by atoms with Crippen LogP contribution >= 0.6 is 0 Å². The molecule has 23 rings (SSSR count). The van der Waals surface area contributed by atoms with Crippen molar-refractivity contribution in [3.05, 3.63) is 392 Å². The van der Waals surface area contributed by atoms with Crippen molar-refractivity contribution in [2.75, 3.05) is 9.80 Å². The number of rotatable bonds is 10. The van der Waals surface area contributed by atoms with Crippen LogP contribution in [0.3, 0.4) is 0 Å². The number of aromatic nitrogens is 4. The van der Waals surface area contributed by atoms with Crippen LogP contribution in [0.1, 0.15) is 137 Å². The molecule has 0 fully saturated rings. The van der Waals surface area contributed by atoms with E-state index in [9.17, 15) is 5.48 Å². The molecule has 0 aliphatic carbocycles. The zero-order valence-electron chi connectivity index (χ0n) is 80.1. The largest absolute Gasteiger partial charge is 0.311 e. The molecule has 2 aliphatic rings. The normalized spacial score (nSPS) is 13.6. The fourth-order valence-corrected chi connectivity index (χ4v) is 21.0. The molecule has 626 valence electrons. The molecule has 6 heterocycles. The molecule has 4 aromatic heterocycles. The van der Waals surface area contributed by atoms with E-state index >= 15 is 0 Å². The summed E-state index contributed by atoms with van der Waals surface area (Å²) in [4.78, 5) is 5.27. The second-order valence-electron chi connectivity index (χ2n) is 41.1. The van der Waals surface area contributed by atoms with E-state index in [2.05, 4.69) is 472 Å². The Morgan fingerprint density at radius 1 is 0.217 bits per heavy atom. The number of hydrogen-bond donors (Lipinski definition) is 0. The lowest BCUT2D eigenvalue weighted by Crippen LogP contribution is -2.61. The van der Waals surface area contributed by atoms with Crippen molar-refractivity contribution in [3.63, 3.8) is 0 Å². The van der Waals surface area contributed by atoms with Gasteiger partial charge in [-0.05, 0) is 256 Å². The maximum atomic E-state index is 10.4. The van der Waals surface area contributed by atoms with E-state index in [1.807, 2.05) is 0 Å². The molecule has 0 N–H and O–H groups in total. The standard InChI is InChI=1S/C122H105BN6/c1-118(2,3)82-48-57-107-97(65-82)98-66-83(119(4,5)6)49-58-108(98)126(107)89-53-56-103-113(73-89)129(117-95(78-38-24-18-25-39-78)69-86(122(13,14)15)70-96(117)79-40-26-19-27-41-79)115-75-91(127-109-59-50-84(120(7,8)9)67-99(109)100-68-85(121(10,11)12)51-60-110(100)127)74-114-116(115)123(103)102-55-52-88(72-112(102)128(114)90-63-80(76-34-20-16-21-35-76)62-81(64-90)77-36-22-17-23-37-77)125-106-47-33-30-44-94(106)101-71-87(54-61-111(101)125)124-104-45-31-28-42-92(104)93-43-29-32-46-105(93)124/h16-75H,1-15H3/i30D,33D,44D,47D. The van der Waals surface area contributed by atoms with E-state index in [0.717, 1.165) is 167 Å². The molecule has 0 saturated carbocycles. The maximum absolute atomic E-state index is 10.4. The molecular formula is C122H105BN6. The smallest absolute Gasteiger partial charge is 0.252 e. The second kappa shape index (κ2) is 29.1. The fraction of sp³-hybridized carbons (Fsp3) is 0.164. The first-order valence-corrected chi connectivity index (χ1v) is 45.6. The van der Waals surface area contributed by atoms with Gasteiger partial charge in [0.2, 0.25) is 0 Å². The minimum absolute atomic E-state index is 0.0972. The van der Waals surface area contributed by atoms with Crippen molar-refractivity contribution < 1.29 is 5.48 Å². The average Bonchev–Trinajstić information content (AvgIpc) is 1.08. The highest BCUT2D eigenvalue weighted by Crippen LogP contribution is 2.55. The van der Waals surface area contributed by atoms with Crippen molar-refractivity contribution in [2.45, 2.75) is 131 Å². The van der Waals surface area contributed by atoms with Crippen LogP contribution < -0.4 is 26.2 Å². The topological polar surface area (TPSA) is 26.2 Å². The highest BCUT2D eigenvalue weighted by Gasteiger charge is 2.46. The van der Waals surface area contributed by atoms with Gasteiger partial charge in [-0.2, -0.15) is 0 Å². The summed E-state index contributed by atoms with van der Waals surface area (Å²) in [6.07, 6.45) is 0. The number of anilines is 6. The first-order chi connectivity index (χ1) is 63.8. The molecule has 17 aromatic carbocycles. The van der Waals surface area contributed by atoms with Gasteiger partial charge in [0.1, 0.15) is 0 Å². The Labute approximate surface area is 762 Å². The molecule has 0 amide bonds. The van der Waals surface area contributed by atoms with Crippen molar-refractivity contribution in [2.24, 2.45) is 0 Å². The minimum atomic E-state index is -0.465. The Bertz CT molecular complexity index is 8130. The van der Waals surface area contributed by atoms with E-state index in [0.29, 0.717) is 16.3 Å². The molecular weight excluding hydrogens is 1560 g/mol. The second-order valence-corrected chi connectivity index (χ2v) is 41.1. The quantitative estimate of drug-likeness (QED) is 0.128. The lowest BCUT2D eigenvalue weighted by Gasteiger charge is -2.45. The summed E-state index contributed by atoms with van der Waals surface area (Å²) >= 11 is 0. The Hall–Kier alpha value is -14.4. The third-order valence-corrected chi connectivity index (χ3v) is 27.8. The first-order valence-electron chi connectivity index (χ1n) is 47.6. The van der Waals surface area contributed by atoms with Crippen molar-refractivity contribution in [1.29, 1.82) is 0 Å². The van der Waals surface area contributed by atoms with Gasteiger partial charge < -0.3 is 28.1 Å². The van der Waals surface area contributed by atoms with Crippen LogP contribution in [0.15, 0.2) is 364 Å². The number of fused-ring (bicyclic) bond motifs is 16. The summed E-state index contributed by atoms with van der Waals surface area (Å²) in [5, 5.41) is 8.17. The first kappa shape index (κ1) is 74.8. The molecule has 21 aromatic rings.